The van der Waals surface area contributed by atoms with Crippen LogP contribution in [0.2, 0.25) is 0 Å². The quantitative estimate of drug-likeness (QED) is 0.461. The van der Waals surface area contributed by atoms with Gasteiger partial charge in [0, 0.05) is 5.69 Å². The van der Waals surface area contributed by atoms with E-state index in [9.17, 15) is 9.59 Å². The van der Waals surface area contributed by atoms with E-state index in [1.165, 1.54) is 13.2 Å². The van der Waals surface area contributed by atoms with Crippen LogP contribution in [0.4, 0.5) is 5.69 Å². The smallest absolute Gasteiger partial charge is 0.341 e. The highest BCUT2D eigenvalue weighted by atomic mass is 16.6. The summed E-state index contributed by atoms with van der Waals surface area (Å²) in [7, 11) is 1.25. The van der Waals surface area contributed by atoms with Gasteiger partial charge in [0.2, 0.25) is 0 Å². The SMILES string of the molecule is COC(=O)c1cc(N)c(C=O)c2c1OCCO2. The number of ether oxygens (including phenoxy) is 3. The molecule has 90 valence electrons. The molecule has 17 heavy (non-hydrogen) atoms. The minimum Gasteiger partial charge on any atom is -0.485 e. The number of nitrogens with two attached hydrogens (primary N) is 1. The molecule has 0 saturated carbocycles. The highest BCUT2D eigenvalue weighted by Crippen LogP contribution is 2.40. The van der Waals surface area contributed by atoms with Crippen molar-refractivity contribution in [3.8, 4) is 11.5 Å². The van der Waals surface area contributed by atoms with Crippen LogP contribution in [0.1, 0.15) is 20.7 Å². The fourth-order valence-corrected chi connectivity index (χ4v) is 1.63. The molecule has 1 aliphatic rings. The second-order valence-electron chi connectivity index (χ2n) is 3.39. The number of aldehydes is 1. The lowest BCUT2D eigenvalue weighted by Gasteiger charge is -2.22. The van der Waals surface area contributed by atoms with E-state index in [1.54, 1.807) is 0 Å². The van der Waals surface area contributed by atoms with Crippen molar-refractivity contribution in [2.45, 2.75) is 0 Å². The van der Waals surface area contributed by atoms with Gasteiger partial charge in [0.05, 0.1) is 12.7 Å². The number of carbonyl (C=O) groups is 2. The molecule has 6 heteroatoms. The van der Waals surface area contributed by atoms with Crippen LogP contribution in [-0.4, -0.2) is 32.6 Å². The molecule has 2 rings (SSSR count). The zero-order valence-corrected chi connectivity index (χ0v) is 9.19. The van der Waals surface area contributed by atoms with E-state index in [0.717, 1.165) is 0 Å². The summed E-state index contributed by atoms with van der Waals surface area (Å²) in [5, 5.41) is 0. The van der Waals surface area contributed by atoms with Crippen LogP contribution in [0.3, 0.4) is 0 Å². The Morgan fingerprint density at radius 1 is 1.41 bits per heavy atom. The van der Waals surface area contributed by atoms with Gasteiger partial charge in [0.15, 0.2) is 17.8 Å². The topological polar surface area (TPSA) is 87.9 Å². The second-order valence-corrected chi connectivity index (χ2v) is 3.39. The number of benzene rings is 1. The van der Waals surface area contributed by atoms with E-state index in [1.807, 2.05) is 0 Å². The van der Waals surface area contributed by atoms with Crippen molar-refractivity contribution >= 4 is 17.9 Å². The Hall–Kier alpha value is -2.24. The van der Waals surface area contributed by atoms with E-state index in [-0.39, 0.29) is 28.3 Å². The number of nitrogen functional groups attached to an aromatic ring is 1. The summed E-state index contributed by atoms with van der Waals surface area (Å²) in [6.07, 6.45) is 0.573. The lowest BCUT2D eigenvalue weighted by atomic mass is 10.1. The van der Waals surface area contributed by atoms with Crippen molar-refractivity contribution < 1.29 is 23.8 Å². The molecule has 0 saturated heterocycles. The van der Waals surface area contributed by atoms with Gasteiger partial charge in [-0.1, -0.05) is 0 Å². The lowest BCUT2D eigenvalue weighted by molar-refractivity contribution is 0.0590. The van der Waals surface area contributed by atoms with E-state index < -0.39 is 5.97 Å². The Balaban J connectivity index is 2.66. The van der Waals surface area contributed by atoms with Crippen molar-refractivity contribution in [3.05, 3.63) is 17.2 Å². The molecular formula is C11H11NO5. The molecule has 0 spiro atoms. The standard InChI is InChI=1S/C11H11NO5/c1-15-11(14)6-4-8(12)7(5-13)10-9(6)16-2-3-17-10/h4-5H,2-3,12H2,1H3. The fourth-order valence-electron chi connectivity index (χ4n) is 1.63. The molecule has 0 aliphatic carbocycles. The molecule has 0 amide bonds. The number of carbonyl (C=O) groups excluding carboxylic acids is 2. The third-order valence-electron chi connectivity index (χ3n) is 2.41. The van der Waals surface area contributed by atoms with Gasteiger partial charge in [0.25, 0.3) is 0 Å². The van der Waals surface area contributed by atoms with Gasteiger partial charge in [0.1, 0.15) is 18.8 Å². The molecule has 0 unspecified atom stereocenters. The predicted molar refractivity (Wildman–Crippen MR) is 58.6 cm³/mol. The first kappa shape index (κ1) is 11.3. The van der Waals surface area contributed by atoms with E-state index >= 15 is 0 Å². The summed E-state index contributed by atoms with van der Waals surface area (Å²) < 4.78 is 15.3. The predicted octanol–water partition coefficient (Wildman–Crippen LogP) is 0.639. The number of rotatable bonds is 2. The second kappa shape index (κ2) is 4.32. The summed E-state index contributed by atoms with van der Waals surface area (Å²) >= 11 is 0. The first-order valence-corrected chi connectivity index (χ1v) is 4.94. The normalized spacial score (nSPS) is 13.0. The van der Waals surface area contributed by atoms with Gasteiger partial charge >= 0.3 is 5.97 Å². The van der Waals surface area contributed by atoms with Crippen LogP contribution in [0.15, 0.2) is 6.07 Å². The summed E-state index contributed by atoms with van der Waals surface area (Å²) in [6.45, 7) is 0.608. The van der Waals surface area contributed by atoms with Crippen LogP contribution in [0.25, 0.3) is 0 Å². The number of hydrogen-bond donors (Lipinski definition) is 1. The molecule has 0 aromatic heterocycles. The first-order chi connectivity index (χ1) is 8.19. The van der Waals surface area contributed by atoms with Crippen molar-refractivity contribution in [1.29, 1.82) is 0 Å². The zero-order chi connectivity index (χ0) is 12.4. The van der Waals surface area contributed by atoms with E-state index in [4.69, 9.17) is 15.2 Å². The number of fused-ring (bicyclic) bond motifs is 1. The fraction of sp³-hybridized carbons (Fsp3) is 0.273. The molecule has 0 atom stereocenters. The minimum atomic E-state index is -0.587. The maximum atomic E-state index is 11.5. The number of hydrogen-bond acceptors (Lipinski definition) is 6. The summed E-state index contributed by atoms with van der Waals surface area (Å²) in [4.78, 5) is 22.5. The number of esters is 1. The number of methoxy groups -OCH3 is 1. The average molecular weight is 237 g/mol. The van der Waals surface area contributed by atoms with Crippen LogP contribution < -0.4 is 15.2 Å². The Bertz CT molecular complexity index is 483. The maximum Gasteiger partial charge on any atom is 0.341 e. The average Bonchev–Trinajstić information content (AvgIpc) is 2.37. The number of anilines is 1. The van der Waals surface area contributed by atoms with Gasteiger partial charge < -0.3 is 19.9 Å². The monoisotopic (exact) mass is 237 g/mol. The van der Waals surface area contributed by atoms with Crippen molar-refractivity contribution in [1.82, 2.24) is 0 Å². The van der Waals surface area contributed by atoms with Gasteiger partial charge in [-0.3, -0.25) is 4.79 Å². The Morgan fingerprint density at radius 2 is 2.06 bits per heavy atom. The Labute approximate surface area is 97.3 Å². The van der Waals surface area contributed by atoms with Gasteiger partial charge in [-0.2, -0.15) is 0 Å². The third-order valence-corrected chi connectivity index (χ3v) is 2.41. The molecule has 1 aromatic rings. The van der Waals surface area contributed by atoms with E-state index in [2.05, 4.69) is 4.74 Å². The summed E-state index contributed by atoms with van der Waals surface area (Å²) in [6, 6.07) is 1.35. The molecule has 0 bridgehead atoms. The van der Waals surface area contributed by atoms with Crippen LogP contribution >= 0.6 is 0 Å². The third kappa shape index (κ3) is 1.77. The first-order valence-electron chi connectivity index (χ1n) is 4.94. The highest BCUT2D eigenvalue weighted by Gasteiger charge is 2.26. The molecule has 1 heterocycles. The molecular weight excluding hydrogens is 226 g/mol. The maximum absolute atomic E-state index is 11.5. The van der Waals surface area contributed by atoms with Gasteiger partial charge in [-0.15, -0.1) is 0 Å². The minimum absolute atomic E-state index is 0.157. The van der Waals surface area contributed by atoms with Crippen LogP contribution in [0.5, 0.6) is 11.5 Å². The van der Waals surface area contributed by atoms with Gasteiger partial charge in [-0.25, -0.2) is 4.79 Å². The molecule has 0 radical (unpaired) electrons. The van der Waals surface area contributed by atoms with E-state index in [0.29, 0.717) is 19.5 Å². The molecule has 1 aliphatic heterocycles. The highest BCUT2D eigenvalue weighted by molar-refractivity contribution is 5.99. The van der Waals surface area contributed by atoms with Crippen molar-refractivity contribution in [3.63, 3.8) is 0 Å². The largest absolute Gasteiger partial charge is 0.485 e. The summed E-state index contributed by atoms with van der Waals surface area (Å²) in [5.74, 6) is -0.179. The Morgan fingerprint density at radius 3 is 2.65 bits per heavy atom. The van der Waals surface area contributed by atoms with Crippen molar-refractivity contribution in [2.75, 3.05) is 26.1 Å². The zero-order valence-electron chi connectivity index (χ0n) is 9.19. The van der Waals surface area contributed by atoms with Crippen molar-refractivity contribution in [2.24, 2.45) is 0 Å². The van der Waals surface area contributed by atoms with Crippen LogP contribution in [0, 0.1) is 0 Å². The molecule has 6 nitrogen and oxygen atoms in total. The summed E-state index contributed by atoms with van der Waals surface area (Å²) in [5.41, 5.74) is 6.18. The Kier molecular flexibility index (Phi) is 2.86. The molecule has 2 N–H and O–H groups in total. The molecule has 0 fully saturated rings. The molecule has 1 aromatic carbocycles. The van der Waals surface area contributed by atoms with Crippen LogP contribution in [-0.2, 0) is 4.74 Å². The lowest BCUT2D eigenvalue weighted by Crippen LogP contribution is -2.20. The van der Waals surface area contributed by atoms with Gasteiger partial charge in [-0.05, 0) is 6.07 Å².